The summed E-state index contributed by atoms with van der Waals surface area (Å²) in [6.07, 6.45) is 0. The predicted molar refractivity (Wildman–Crippen MR) is 69.7 cm³/mol. The molecule has 0 aliphatic carbocycles. The Morgan fingerprint density at radius 3 is 2.80 bits per heavy atom. The number of nitrogens with one attached hydrogen (secondary N) is 1. The van der Waals surface area contributed by atoms with Gasteiger partial charge in [-0.15, -0.1) is 5.10 Å². The van der Waals surface area contributed by atoms with Crippen LogP contribution in [0.15, 0.2) is 24.3 Å². The molecule has 0 saturated carbocycles. The molecular weight excluding hydrogens is 264 g/mol. The molecule has 1 amide bonds. The van der Waals surface area contributed by atoms with Crippen LogP contribution in [0.5, 0.6) is 0 Å². The zero-order valence-corrected chi connectivity index (χ0v) is 10.6. The molecule has 1 heterocycles. The lowest BCUT2D eigenvalue weighted by molar-refractivity contribution is -0.385. The molecule has 0 fully saturated rings. The number of rotatable bonds is 4. The number of nitro benzene ring substituents is 1. The Hall–Kier alpha value is -2.97. The summed E-state index contributed by atoms with van der Waals surface area (Å²) in [6, 6.07) is 6.23. The van der Waals surface area contributed by atoms with Crippen molar-refractivity contribution < 1.29 is 9.72 Å². The molecule has 0 radical (unpaired) electrons. The summed E-state index contributed by atoms with van der Waals surface area (Å²) in [5.41, 5.74) is 5.71. The Balaban J connectivity index is 2.18. The van der Waals surface area contributed by atoms with E-state index in [1.807, 2.05) is 0 Å². The third kappa shape index (κ3) is 2.71. The van der Waals surface area contributed by atoms with E-state index in [9.17, 15) is 14.9 Å². The summed E-state index contributed by atoms with van der Waals surface area (Å²) in [6.45, 7) is 0.0800. The molecule has 9 heteroatoms. The first kappa shape index (κ1) is 13.5. The van der Waals surface area contributed by atoms with E-state index in [4.69, 9.17) is 5.73 Å². The number of amides is 1. The van der Waals surface area contributed by atoms with Crippen LogP contribution in [0, 0.1) is 10.1 Å². The van der Waals surface area contributed by atoms with Gasteiger partial charge in [0, 0.05) is 18.7 Å². The number of carbonyl (C=O) groups is 1. The fourth-order valence-corrected chi connectivity index (χ4v) is 1.70. The second-order valence-corrected chi connectivity index (χ2v) is 4.09. The minimum absolute atomic E-state index is 0.0106. The van der Waals surface area contributed by atoms with Crippen LogP contribution in [0.3, 0.4) is 0 Å². The van der Waals surface area contributed by atoms with E-state index in [0.717, 1.165) is 0 Å². The molecule has 0 saturated heterocycles. The zero-order chi connectivity index (χ0) is 14.7. The van der Waals surface area contributed by atoms with E-state index in [-0.39, 0.29) is 24.0 Å². The Morgan fingerprint density at radius 2 is 2.20 bits per heavy atom. The van der Waals surface area contributed by atoms with E-state index >= 15 is 0 Å². The number of aromatic nitrogens is 3. The number of benzene rings is 1. The molecule has 104 valence electrons. The summed E-state index contributed by atoms with van der Waals surface area (Å²) in [5, 5.41) is 16.9. The van der Waals surface area contributed by atoms with E-state index in [1.54, 1.807) is 18.2 Å². The first-order valence-corrected chi connectivity index (χ1v) is 5.64. The number of nitrogens with two attached hydrogens (primary N) is 1. The van der Waals surface area contributed by atoms with Crippen LogP contribution in [0.4, 0.5) is 11.6 Å². The van der Waals surface area contributed by atoms with Crippen molar-refractivity contribution >= 4 is 17.5 Å². The summed E-state index contributed by atoms with van der Waals surface area (Å²) >= 11 is 0. The number of carbonyl (C=O) groups excluding carboxylic acids is 1. The number of H-pyrrole nitrogens is 1. The van der Waals surface area contributed by atoms with Gasteiger partial charge >= 0.3 is 0 Å². The highest BCUT2D eigenvalue weighted by atomic mass is 16.6. The molecule has 20 heavy (non-hydrogen) atoms. The lowest BCUT2D eigenvalue weighted by atomic mass is 10.1. The molecular formula is C11H12N6O3. The average molecular weight is 276 g/mol. The molecule has 9 nitrogen and oxygen atoms in total. The zero-order valence-electron chi connectivity index (χ0n) is 10.6. The second kappa shape index (κ2) is 5.34. The average Bonchev–Trinajstić information content (AvgIpc) is 2.84. The second-order valence-electron chi connectivity index (χ2n) is 4.09. The van der Waals surface area contributed by atoms with Gasteiger partial charge in [-0.25, -0.2) is 0 Å². The number of anilines is 1. The maximum Gasteiger partial charge on any atom is 0.291 e. The van der Waals surface area contributed by atoms with Gasteiger partial charge in [0.25, 0.3) is 11.6 Å². The van der Waals surface area contributed by atoms with E-state index in [0.29, 0.717) is 5.56 Å². The van der Waals surface area contributed by atoms with Crippen molar-refractivity contribution in [2.75, 3.05) is 12.8 Å². The number of nitrogen functional groups attached to an aromatic ring is 1. The molecule has 0 atom stereocenters. The van der Waals surface area contributed by atoms with Crippen LogP contribution in [0.1, 0.15) is 16.2 Å². The van der Waals surface area contributed by atoms with Gasteiger partial charge in [0.05, 0.1) is 11.5 Å². The Morgan fingerprint density at radius 1 is 1.50 bits per heavy atom. The van der Waals surface area contributed by atoms with E-state index in [1.165, 1.54) is 18.0 Å². The molecule has 2 aromatic rings. The minimum atomic E-state index is -0.486. The van der Waals surface area contributed by atoms with Gasteiger partial charge in [-0.3, -0.25) is 20.0 Å². The summed E-state index contributed by atoms with van der Waals surface area (Å²) in [5.74, 6) is -0.497. The SMILES string of the molecule is CN(Cc1ccccc1[N+](=O)[O-])C(=O)c1nc(N)n[nH]1. The Bertz CT molecular complexity index is 653. The highest BCUT2D eigenvalue weighted by Crippen LogP contribution is 2.19. The third-order valence-electron chi connectivity index (χ3n) is 2.65. The van der Waals surface area contributed by atoms with Crippen molar-refractivity contribution in [2.24, 2.45) is 0 Å². The minimum Gasteiger partial charge on any atom is -0.366 e. The summed E-state index contributed by atoms with van der Waals surface area (Å²) in [4.78, 5) is 27.4. The highest BCUT2D eigenvalue weighted by molar-refractivity contribution is 5.90. The molecule has 1 aromatic carbocycles. The fraction of sp³-hybridized carbons (Fsp3) is 0.182. The van der Waals surface area contributed by atoms with Crippen LogP contribution in [-0.4, -0.2) is 38.0 Å². The van der Waals surface area contributed by atoms with Crippen molar-refractivity contribution in [1.29, 1.82) is 0 Å². The van der Waals surface area contributed by atoms with Gasteiger partial charge in [-0.1, -0.05) is 18.2 Å². The van der Waals surface area contributed by atoms with Gasteiger partial charge in [-0.2, -0.15) is 4.98 Å². The first-order valence-electron chi connectivity index (χ1n) is 5.64. The van der Waals surface area contributed by atoms with Crippen molar-refractivity contribution in [1.82, 2.24) is 20.1 Å². The molecule has 0 unspecified atom stereocenters. The van der Waals surface area contributed by atoms with Gasteiger partial charge in [-0.05, 0) is 0 Å². The first-order chi connectivity index (χ1) is 9.49. The molecule has 0 aliphatic heterocycles. The Labute approximate surface area is 113 Å². The van der Waals surface area contributed by atoms with Gasteiger partial charge in [0.1, 0.15) is 0 Å². The maximum atomic E-state index is 12.0. The number of hydrogen-bond acceptors (Lipinski definition) is 6. The summed E-state index contributed by atoms with van der Waals surface area (Å²) < 4.78 is 0. The van der Waals surface area contributed by atoms with Gasteiger partial charge in [0.2, 0.25) is 11.8 Å². The lowest BCUT2D eigenvalue weighted by Crippen LogP contribution is -2.27. The standard InChI is InChI=1S/C11H12N6O3/c1-16(10(18)9-13-11(12)15-14-9)6-7-4-2-3-5-8(7)17(19)20/h2-5H,6H2,1H3,(H3,12,13,14,15). The van der Waals surface area contributed by atoms with E-state index in [2.05, 4.69) is 15.2 Å². The fourth-order valence-electron chi connectivity index (χ4n) is 1.70. The molecule has 3 N–H and O–H groups in total. The molecule has 2 rings (SSSR count). The van der Waals surface area contributed by atoms with Crippen molar-refractivity contribution in [3.05, 3.63) is 45.8 Å². The van der Waals surface area contributed by atoms with Crippen molar-refractivity contribution in [3.63, 3.8) is 0 Å². The van der Waals surface area contributed by atoms with Crippen LogP contribution in [0.25, 0.3) is 0 Å². The van der Waals surface area contributed by atoms with Crippen LogP contribution >= 0.6 is 0 Å². The number of aromatic amines is 1. The largest absolute Gasteiger partial charge is 0.366 e. The topological polar surface area (TPSA) is 131 Å². The molecule has 0 bridgehead atoms. The van der Waals surface area contributed by atoms with Crippen molar-refractivity contribution in [3.8, 4) is 0 Å². The number of nitro groups is 1. The number of para-hydroxylation sites is 1. The van der Waals surface area contributed by atoms with E-state index < -0.39 is 10.8 Å². The normalized spacial score (nSPS) is 10.2. The number of nitrogens with zero attached hydrogens (tertiary/aromatic N) is 4. The van der Waals surface area contributed by atoms with Gasteiger partial charge in [0.15, 0.2) is 0 Å². The molecule has 1 aromatic heterocycles. The predicted octanol–water partition coefficient (Wildman–Crippen LogP) is 0.567. The molecule has 0 aliphatic rings. The third-order valence-corrected chi connectivity index (χ3v) is 2.65. The lowest BCUT2D eigenvalue weighted by Gasteiger charge is -2.15. The monoisotopic (exact) mass is 276 g/mol. The van der Waals surface area contributed by atoms with Crippen LogP contribution in [-0.2, 0) is 6.54 Å². The van der Waals surface area contributed by atoms with Crippen LogP contribution < -0.4 is 5.73 Å². The van der Waals surface area contributed by atoms with Crippen LogP contribution in [0.2, 0.25) is 0 Å². The summed E-state index contributed by atoms with van der Waals surface area (Å²) in [7, 11) is 1.51. The smallest absolute Gasteiger partial charge is 0.291 e. The van der Waals surface area contributed by atoms with Gasteiger partial charge < -0.3 is 10.6 Å². The maximum absolute atomic E-state index is 12.0. The van der Waals surface area contributed by atoms with Crippen molar-refractivity contribution in [2.45, 2.75) is 6.54 Å². The highest BCUT2D eigenvalue weighted by Gasteiger charge is 2.20. The quantitative estimate of drug-likeness (QED) is 0.619. The number of hydrogen-bond donors (Lipinski definition) is 2. The molecule has 0 spiro atoms. The Kier molecular flexibility index (Phi) is 3.60.